The molecule has 0 saturated heterocycles. The number of rotatable bonds is 7. The van der Waals surface area contributed by atoms with E-state index >= 15 is 0 Å². The molecule has 0 N–H and O–H groups in total. The van der Waals surface area contributed by atoms with Crippen LogP contribution in [-0.4, -0.2) is 27.6 Å². The molecule has 0 heterocycles. The minimum Gasteiger partial charge on any atom is -0.422 e. The zero-order valence-electron chi connectivity index (χ0n) is 8.05. The Morgan fingerprint density at radius 2 is 2.00 bits per heavy atom. The summed E-state index contributed by atoms with van der Waals surface area (Å²) in [7, 11) is 0.813. The largest absolute Gasteiger partial charge is 0.422 e. The summed E-state index contributed by atoms with van der Waals surface area (Å²) >= 11 is 8.57. The molecule has 1 nitrogen and oxygen atoms in total. The molecule has 0 spiro atoms. The van der Waals surface area contributed by atoms with E-state index in [1.54, 1.807) is 0 Å². The van der Waals surface area contributed by atoms with Crippen LogP contribution in [-0.2, 0) is 4.43 Å². The molecule has 0 fully saturated rings. The van der Waals surface area contributed by atoms with Crippen molar-refractivity contribution in [2.45, 2.75) is 38.2 Å². The summed E-state index contributed by atoms with van der Waals surface area (Å²) in [5.74, 6) is 1.79. The Morgan fingerprint density at radius 3 is 2.33 bits per heavy atom. The van der Waals surface area contributed by atoms with Crippen LogP contribution in [0.15, 0.2) is 0 Å². The third-order valence-electron chi connectivity index (χ3n) is 2.22. The average molecular weight is 224 g/mol. The van der Waals surface area contributed by atoms with Crippen molar-refractivity contribution in [1.29, 1.82) is 0 Å². The minimum atomic E-state index is 0.0623. The van der Waals surface area contributed by atoms with Crippen LogP contribution in [0.4, 0.5) is 0 Å². The second-order valence-electron chi connectivity index (χ2n) is 3.12. The second kappa shape index (κ2) is 7.30. The van der Waals surface area contributed by atoms with Crippen LogP contribution in [0.3, 0.4) is 0 Å². The van der Waals surface area contributed by atoms with E-state index in [2.05, 4.69) is 32.2 Å². The van der Waals surface area contributed by atoms with Crippen LogP contribution in [0.5, 0.6) is 0 Å². The quantitative estimate of drug-likeness (QED) is 0.492. The fourth-order valence-corrected chi connectivity index (χ4v) is 2.81. The van der Waals surface area contributed by atoms with E-state index in [0.717, 1.165) is 41.3 Å². The fourth-order valence-electron chi connectivity index (χ4n) is 1.41. The molecule has 0 saturated carbocycles. The highest BCUT2D eigenvalue weighted by atomic mass is 32.1. The topological polar surface area (TPSA) is 9.23 Å². The van der Waals surface area contributed by atoms with E-state index in [9.17, 15) is 0 Å². The van der Waals surface area contributed by atoms with E-state index in [0.29, 0.717) is 0 Å². The summed E-state index contributed by atoms with van der Waals surface area (Å²) in [6.45, 7) is 2.19. The Morgan fingerprint density at radius 1 is 1.33 bits per heavy atom. The lowest BCUT2D eigenvalue weighted by Gasteiger charge is -2.31. The van der Waals surface area contributed by atoms with Gasteiger partial charge in [0.15, 0.2) is 0 Å². The van der Waals surface area contributed by atoms with Gasteiger partial charge in [-0.1, -0.05) is 13.3 Å². The normalized spacial score (nSPS) is 16.2. The molecule has 12 heavy (non-hydrogen) atoms. The monoisotopic (exact) mass is 224 g/mol. The molecular formula is C8H20OS2Si. The molecule has 0 aromatic heterocycles. The van der Waals surface area contributed by atoms with Crippen molar-refractivity contribution in [2.24, 2.45) is 0 Å². The summed E-state index contributed by atoms with van der Waals surface area (Å²) in [4.78, 5) is 0. The Bertz CT molecular complexity index is 107. The first-order chi connectivity index (χ1) is 5.74. The molecule has 4 heteroatoms. The van der Waals surface area contributed by atoms with Crippen LogP contribution in [0.2, 0.25) is 0 Å². The van der Waals surface area contributed by atoms with Gasteiger partial charge in [-0.05, 0) is 25.0 Å². The van der Waals surface area contributed by atoms with Crippen LogP contribution in [0.25, 0.3) is 0 Å². The van der Waals surface area contributed by atoms with E-state index in [-0.39, 0.29) is 5.60 Å². The maximum atomic E-state index is 5.66. The summed E-state index contributed by atoms with van der Waals surface area (Å²) in [6, 6.07) is 0. The first-order valence-electron chi connectivity index (χ1n) is 4.51. The van der Waals surface area contributed by atoms with Gasteiger partial charge in [0.2, 0.25) is 0 Å². The van der Waals surface area contributed by atoms with Crippen molar-refractivity contribution in [1.82, 2.24) is 0 Å². The van der Waals surface area contributed by atoms with E-state index in [1.807, 2.05) is 0 Å². The lowest BCUT2D eigenvalue weighted by molar-refractivity contribution is 0.0852. The molecule has 1 atom stereocenters. The molecule has 0 bridgehead atoms. The van der Waals surface area contributed by atoms with Crippen molar-refractivity contribution in [3.63, 3.8) is 0 Å². The Hall–Kier alpha value is 0.877. The van der Waals surface area contributed by atoms with Crippen LogP contribution < -0.4 is 0 Å². The van der Waals surface area contributed by atoms with E-state index in [4.69, 9.17) is 4.43 Å². The number of hydrogen-bond acceptors (Lipinski definition) is 3. The van der Waals surface area contributed by atoms with Gasteiger partial charge in [-0.15, -0.1) is 0 Å². The van der Waals surface area contributed by atoms with E-state index in [1.165, 1.54) is 6.42 Å². The Balaban J connectivity index is 3.95. The van der Waals surface area contributed by atoms with Gasteiger partial charge in [0.25, 0.3) is 0 Å². The molecule has 0 rings (SSSR count). The standard InChI is InChI=1S/C8H20OS2Si/c1-2-4-8(7-11,9-12)5-3-6-10/h10-11H,2-7H2,1,12H3. The highest BCUT2D eigenvalue weighted by Gasteiger charge is 2.25. The SMILES string of the molecule is CCCC(CS)(CCCS)O[SiH3]. The summed E-state index contributed by atoms with van der Waals surface area (Å²) in [5.41, 5.74) is 0.0623. The third-order valence-corrected chi connectivity index (χ3v) is 3.98. The molecule has 0 aliphatic carbocycles. The van der Waals surface area contributed by atoms with Gasteiger partial charge >= 0.3 is 0 Å². The predicted molar refractivity (Wildman–Crippen MR) is 65.6 cm³/mol. The van der Waals surface area contributed by atoms with Gasteiger partial charge in [0.05, 0.1) is 5.60 Å². The lowest BCUT2D eigenvalue weighted by Crippen LogP contribution is -2.34. The lowest BCUT2D eigenvalue weighted by atomic mass is 9.95. The average Bonchev–Trinajstić information content (AvgIpc) is 2.13. The van der Waals surface area contributed by atoms with Gasteiger partial charge in [-0.2, -0.15) is 25.3 Å². The van der Waals surface area contributed by atoms with Gasteiger partial charge in [0, 0.05) is 5.75 Å². The fraction of sp³-hybridized carbons (Fsp3) is 1.00. The van der Waals surface area contributed by atoms with Crippen LogP contribution in [0, 0.1) is 0 Å². The maximum absolute atomic E-state index is 5.66. The zero-order chi connectivity index (χ0) is 9.45. The van der Waals surface area contributed by atoms with Crippen molar-refractivity contribution < 1.29 is 4.43 Å². The van der Waals surface area contributed by atoms with Crippen molar-refractivity contribution in [2.75, 3.05) is 11.5 Å². The molecule has 0 aromatic rings. The third kappa shape index (κ3) is 4.21. The van der Waals surface area contributed by atoms with Crippen molar-refractivity contribution in [3.8, 4) is 0 Å². The summed E-state index contributed by atoms with van der Waals surface area (Å²) in [6.07, 6.45) is 4.55. The van der Waals surface area contributed by atoms with Gasteiger partial charge in [0.1, 0.15) is 10.5 Å². The zero-order valence-corrected chi connectivity index (χ0v) is 11.8. The number of hydrogen-bond donors (Lipinski definition) is 2. The maximum Gasteiger partial charge on any atom is 0.146 e. The molecule has 0 aliphatic rings. The van der Waals surface area contributed by atoms with Gasteiger partial charge in [-0.3, -0.25) is 0 Å². The van der Waals surface area contributed by atoms with Gasteiger partial charge in [-0.25, -0.2) is 0 Å². The first kappa shape index (κ1) is 12.9. The van der Waals surface area contributed by atoms with Crippen LogP contribution in [0.1, 0.15) is 32.6 Å². The van der Waals surface area contributed by atoms with Crippen LogP contribution >= 0.6 is 25.3 Å². The summed E-state index contributed by atoms with van der Waals surface area (Å²) < 4.78 is 5.66. The molecular weight excluding hydrogens is 204 g/mol. The van der Waals surface area contributed by atoms with E-state index < -0.39 is 0 Å². The molecule has 0 radical (unpaired) electrons. The van der Waals surface area contributed by atoms with Gasteiger partial charge < -0.3 is 4.43 Å². The highest BCUT2D eigenvalue weighted by molar-refractivity contribution is 7.80. The summed E-state index contributed by atoms with van der Waals surface area (Å²) in [5, 5.41) is 0. The Labute approximate surface area is 90.0 Å². The molecule has 0 aromatic carbocycles. The smallest absolute Gasteiger partial charge is 0.146 e. The number of thiol groups is 2. The predicted octanol–water partition coefficient (Wildman–Crippen LogP) is 1.46. The molecule has 74 valence electrons. The molecule has 0 aliphatic heterocycles. The van der Waals surface area contributed by atoms with Crippen molar-refractivity contribution >= 4 is 35.7 Å². The minimum absolute atomic E-state index is 0.0623. The molecule has 0 amide bonds. The van der Waals surface area contributed by atoms with Crippen molar-refractivity contribution in [3.05, 3.63) is 0 Å². The molecule has 1 unspecified atom stereocenters. The second-order valence-corrected chi connectivity index (χ2v) is 4.29. The first-order valence-corrected chi connectivity index (χ1v) is 6.59. The Kier molecular flexibility index (Phi) is 7.83. The highest BCUT2D eigenvalue weighted by Crippen LogP contribution is 2.24.